The highest BCUT2D eigenvalue weighted by Gasteiger charge is 2.35. The Bertz CT molecular complexity index is 633. The maximum atomic E-state index is 12.4. The van der Waals surface area contributed by atoms with Crippen LogP contribution in [0.25, 0.3) is 0 Å². The Morgan fingerprint density at radius 1 is 1.43 bits per heavy atom. The molecule has 1 amide bonds. The van der Waals surface area contributed by atoms with Gasteiger partial charge in [-0.25, -0.2) is 0 Å². The van der Waals surface area contributed by atoms with Gasteiger partial charge in [-0.3, -0.25) is 9.59 Å². The van der Waals surface area contributed by atoms with E-state index < -0.39 is 11.6 Å². The van der Waals surface area contributed by atoms with Crippen molar-refractivity contribution in [3.63, 3.8) is 0 Å². The molecule has 122 valence electrons. The van der Waals surface area contributed by atoms with Gasteiger partial charge in [0.15, 0.2) is 12.4 Å². The standard InChI is InChI=1S/C17H19BrN2O3/c1-12(23-15-6-5-14(18)9-13(15)10-21)16(22)20-17(11-19)7-3-2-4-8-17/h5-6,9-10,12H,2-4,7-8H2,1H3,(H,20,22). The van der Waals surface area contributed by atoms with Gasteiger partial charge in [-0.1, -0.05) is 35.2 Å². The van der Waals surface area contributed by atoms with Gasteiger partial charge in [-0.05, 0) is 38.0 Å². The monoisotopic (exact) mass is 378 g/mol. The van der Waals surface area contributed by atoms with E-state index in [-0.39, 0.29) is 5.91 Å². The molecule has 0 aliphatic heterocycles. The van der Waals surface area contributed by atoms with Crippen LogP contribution in [0.3, 0.4) is 0 Å². The van der Waals surface area contributed by atoms with Crippen LogP contribution >= 0.6 is 15.9 Å². The number of carbonyl (C=O) groups excluding carboxylic acids is 2. The van der Waals surface area contributed by atoms with Gasteiger partial charge in [-0.15, -0.1) is 0 Å². The molecule has 1 N–H and O–H groups in total. The zero-order valence-corrected chi connectivity index (χ0v) is 14.6. The van der Waals surface area contributed by atoms with Crippen LogP contribution in [0.1, 0.15) is 49.4 Å². The number of nitrogens with zero attached hydrogens (tertiary/aromatic N) is 1. The number of nitrogens with one attached hydrogen (secondary N) is 1. The Morgan fingerprint density at radius 2 is 2.13 bits per heavy atom. The number of hydrogen-bond donors (Lipinski definition) is 1. The molecule has 6 heteroatoms. The van der Waals surface area contributed by atoms with Crippen molar-refractivity contribution >= 4 is 28.1 Å². The van der Waals surface area contributed by atoms with Gasteiger partial charge in [0.25, 0.3) is 5.91 Å². The van der Waals surface area contributed by atoms with Crippen molar-refractivity contribution in [3.8, 4) is 11.8 Å². The molecule has 0 radical (unpaired) electrons. The molecule has 1 atom stereocenters. The van der Waals surface area contributed by atoms with Gasteiger partial charge < -0.3 is 10.1 Å². The van der Waals surface area contributed by atoms with E-state index in [0.717, 1.165) is 23.7 Å². The highest BCUT2D eigenvalue weighted by molar-refractivity contribution is 9.10. The number of ether oxygens (including phenoxy) is 1. The molecule has 0 heterocycles. The summed E-state index contributed by atoms with van der Waals surface area (Å²) >= 11 is 3.28. The maximum absolute atomic E-state index is 12.4. The van der Waals surface area contributed by atoms with Gasteiger partial charge in [0.05, 0.1) is 11.6 Å². The lowest BCUT2D eigenvalue weighted by Gasteiger charge is -2.32. The van der Waals surface area contributed by atoms with E-state index in [1.54, 1.807) is 25.1 Å². The van der Waals surface area contributed by atoms with Crippen molar-refractivity contribution in [1.29, 1.82) is 5.26 Å². The molecular formula is C17H19BrN2O3. The van der Waals surface area contributed by atoms with E-state index in [1.807, 2.05) is 0 Å². The first kappa shape index (κ1) is 17.5. The Labute approximate surface area is 144 Å². The molecule has 1 aliphatic rings. The Balaban J connectivity index is 2.05. The van der Waals surface area contributed by atoms with Crippen LogP contribution in [0.15, 0.2) is 22.7 Å². The van der Waals surface area contributed by atoms with E-state index in [0.29, 0.717) is 30.4 Å². The zero-order chi connectivity index (χ0) is 16.9. The minimum absolute atomic E-state index is 0.340. The van der Waals surface area contributed by atoms with Gasteiger partial charge in [-0.2, -0.15) is 5.26 Å². The third-order valence-corrected chi connectivity index (χ3v) is 4.55. The first-order chi connectivity index (χ1) is 11.0. The summed E-state index contributed by atoms with van der Waals surface area (Å²) < 4.78 is 6.37. The van der Waals surface area contributed by atoms with E-state index in [2.05, 4.69) is 27.3 Å². The molecule has 1 saturated carbocycles. The summed E-state index contributed by atoms with van der Waals surface area (Å²) in [4.78, 5) is 23.5. The minimum Gasteiger partial charge on any atom is -0.480 e. The second-order valence-electron chi connectivity index (χ2n) is 5.80. The minimum atomic E-state index is -0.792. The molecule has 1 fully saturated rings. The summed E-state index contributed by atoms with van der Waals surface area (Å²) in [7, 11) is 0. The number of nitriles is 1. The topological polar surface area (TPSA) is 79.2 Å². The fourth-order valence-corrected chi connectivity index (χ4v) is 3.10. The third kappa shape index (κ3) is 4.32. The Kier molecular flexibility index (Phi) is 5.78. The van der Waals surface area contributed by atoms with Gasteiger partial charge in [0.1, 0.15) is 11.3 Å². The Morgan fingerprint density at radius 3 is 2.74 bits per heavy atom. The van der Waals surface area contributed by atoms with E-state index in [9.17, 15) is 14.9 Å². The number of halogens is 1. The average molecular weight is 379 g/mol. The predicted molar refractivity (Wildman–Crippen MR) is 89.2 cm³/mol. The predicted octanol–water partition coefficient (Wildman–Crippen LogP) is 3.37. The van der Waals surface area contributed by atoms with Crippen LogP contribution in [-0.4, -0.2) is 23.8 Å². The second-order valence-corrected chi connectivity index (χ2v) is 6.72. The molecule has 0 bridgehead atoms. The summed E-state index contributed by atoms with van der Waals surface area (Å²) in [5.41, 5.74) is -0.424. The SMILES string of the molecule is CC(Oc1ccc(Br)cc1C=O)C(=O)NC1(C#N)CCCCC1. The van der Waals surface area contributed by atoms with E-state index in [1.165, 1.54) is 0 Å². The average Bonchev–Trinajstić information content (AvgIpc) is 2.57. The molecule has 0 saturated heterocycles. The Hall–Kier alpha value is -1.87. The molecule has 23 heavy (non-hydrogen) atoms. The van der Waals surface area contributed by atoms with Gasteiger partial charge >= 0.3 is 0 Å². The quantitative estimate of drug-likeness (QED) is 0.796. The number of aldehydes is 1. The van der Waals surface area contributed by atoms with Crippen molar-refractivity contribution in [1.82, 2.24) is 5.32 Å². The van der Waals surface area contributed by atoms with Crippen molar-refractivity contribution in [2.45, 2.75) is 50.7 Å². The number of rotatable bonds is 5. The number of benzene rings is 1. The van der Waals surface area contributed by atoms with Crippen molar-refractivity contribution < 1.29 is 14.3 Å². The lowest BCUT2D eigenvalue weighted by Crippen LogP contribution is -2.52. The molecule has 2 rings (SSSR count). The van der Waals surface area contributed by atoms with Crippen LogP contribution < -0.4 is 10.1 Å². The van der Waals surface area contributed by atoms with Crippen LogP contribution in [-0.2, 0) is 4.79 Å². The number of hydrogen-bond acceptors (Lipinski definition) is 4. The van der Waals surface area contributed by atoms with Crippen molar-refractivity contribution in [2.75, 3.05) is 0 Å². The summed E-state index contributed by atoms with van der Waals surface area (Å²) in [5, 5.41) is 12.2. The highest BCUT2D eigenvalue weighted by Crippen LogP contribution is 2.28. The normalized spacial score (nSPS) is 17.6. The van der Waals surface area contributed by atoms with Crippen molar-refractivity contribution in [2.24, 2.45) is 0 Å². The van der Waals surface area contributed by atoms with Crippen LogP contribution in [0, 0.1) is 11.3 Å². The third-order valence-electron chi connectivity index (χ3n) is 4.06. The molecule has 1 unspecified atom stereocenters. The fourth-order valence-electron chi connectivity index (χ4n) is 2.72. The lowest BCUT2D eigenvalue weighted by atomic mass is 9.83. The zero-order valence-electron chi connectivity index (χ0n) is 13.0. The summed E-state index contributed by atoms with van der Waals surface area (Å²) in [6, 6.07) is 7.26. The van der Waals surface area contributed by atoms with E-state index in [4.69, 9.17) is 4.74 Å². The smallest absolute Gasteiger partial charge is 0.262 e. The van der Waals surface area contributed by atoms with E-state index >= 15 is 0 Å². The first-order valence-corrected chi connectivity index (χ1v) is 8.44. The second kappa shape index (κ2) is 7.60. The van der Waals surface area contributed by atoms with Crippen molar-refractivity contribution in [3.05, 3.63) is 28.2 Å². The molecule has 5 nitrogen and oxygen atoms in total. The molecule has 0 spiro atoms. The molecular weight excluding hydrogens is 360 g/mol. The molecule has 1 aliphatic carbocycles. The summed E-state index contributed by atoms with van der Waals surface area (Å²) in [5.74, 6) is 0.00807. The molecule has 1 aromatic carbocycles. The number of carbonyl (C=O) groups is 2. The first-order valence-electron chi connectivity index (χ1n) is 7.64. The van der Waals surface area contributed by atoms with Gasteiger partial charge in [0, 0.05) is 4.47 Å². The van der Waals surface area contributed by atoms with Gasteiger partial charge in [0.2, 0.25) is 0 Å². The number of amides is 1. The largest absolute Gasteiger partial charge is 0.480 e. The molecule has 1 aromatic rings. The molecule has 0 aromatic heterocycles. The summed E-state index contributed by atoms with van der Waals surface area (Å²) in [6.07, 6.45) is 4.19. The van der Waals surface area contributed by atoms with Crippen LogP contribution in [0.4, 0.5) is 0 Å². The van der Waals surface area contributed by atoms with Crippen LogP contribution in [0.2, 0.25) is 0 Å². The summed E-state index contributed by atoms with van der Waals surface area (Å²) in [6.45, 7) is 1.61. The van der Waals surface area contributed by atoms with Crippen LogP contribution in [0.5, 0.6) is 5.75 Å². The maximum Gasteiger partial charge on any atom is 0.262 e. The highest BCUT2D eigenvalue weighted by atomic mass is 79.9. The lowest BCUT2D eigenvalue weighted by molar-refractivity contribution is -0.129. The fraction of sp³-hybridized carbons (Fsp3) is 0.471.